The van der Waals surface area contributed by atoms with Gasteiger partial charge in [0.15, 0.2) is 16.6 Å². The van der Waals surface area contributed by atoms with Crippen LogP contribution in [-0.2, 0) is 8.85 Å². The molecule has 0 radical (unpaired) electrons. The zero-order valence-electron chi connectivity index (χ0n) is 22.0. The van der Waals surface area contributed by atoms with E-state index < -0.39 is 16.6 Å². The van der Waals surface area contributed by atoms with Crippen molar-refractivity contribution < 1.29 is 8.85 Å². The first-order valence-corrected chi connectivity index (χ1v) is 18.9. The van der Waals surface area contributed by atoms with Crippen LogP contribution in [0.5, 0.6) is 0 Å². The van der Waals surface area contributed by atoms with Gasteiger partial charge in [-0.05, 0) is 36.3 Å². The Kier molecular flexibility index (Phi) is 20.2. The van der Waals surface area contributed by atoms with Crippen LogP contribution in [0.3, 0.4) is 0 Å². The maximum absolute atomic E-state index is 6.88. The van der Waals surface area contributed by atoms with Crippen LogP contribution in [0.15, 0.2) is 0 Å². The van der Waals surface area contributed by atoms with Gasteiger partial charge >= 0.3 is 0 Å². The van der Waals surface area contributed by atoms with Crippen LogP contribution < -0.4 is 0 Å². The molecule has 0 atom stereocenters. The molecule has 0 aliphatic carbocycles. The number of hydrogen-bond donors (Lipinski definition) is 0. The SMILES string of the molecule is CCCC[Si](CCCC)(CCCC)OCCO[Si](CCCC)(CCCC)CCCC. The molecule has 0 aromatic heterocycles. The first-order chi connectivity index (χ1) is 14.6. The average molecular weight is 459 g/mol. The van der Waals surface area contributed by atoms with Gasteiger partial charge in [0.1, 0.15) is 0 Å². The largest absolute Gasteiger partial charge is 0.415 e. The quantitative estimate of drug-likeness (QED) is 0.112. The van der Waals surface area contributed by atoms with Gasteiger partial charge in [-0.3, -0.25) is 0 Å². The van der Waals surface area contributed by atoms with E-state index in [1.54, 1.807) is 0 Å². The molecular weight excluding hydrogens is 400 g/mol. The lowest BCUT2D eigenvalue weighted by molar-refractivity contribution is 0.195. The molecule has 4 heteroatoms. The summed E-state index contributed by atoms with van der Waals surface area (Å²) in [7, 11) is -3.19. The third kappa shape index (κ3) is 13.7. The van der Waals surface area contributed by atoms with Gasteiger partial charge in [0.2, 0.25) is 0 Å². The van der Waals surface area contributed by atoms with E-state index in [0.29, 0.717) is 0 Å². The van der Waals surface area contributed by atoms with E-state index in [1.807, 2.05) is 0 Å². The highest BCUT2D eigenvalue weighted by molar-refractivity contribution is 6.74. The van der Waals surface area contributed by atoms with Crippen LogP contribution in [0.2, 0.25) is 36.3 Å². The Hall–Kier alpha value is 0.354. The van der Waals surface area contributed by atoms with E-state index in [1.165, 1.54) is 113 Å². The maximum Gasteiger partial charge on any atom is 0.192 e. The van der Waals surface area contributed by atoms with Crippen LogP contribution in [-0.4, -0.2) is 29.8 Å². The third-order valence-corrected chi connectivity index (χ3v) is 16.0. The summed E-state index contributed by atoms with van der Waals surface area (Å²) in [4.78, 5) is 0. The van der Waals surface area contributed by atoms with Crippen molar-refractivity contribution in [1.29, 1.82) is 0 Å². The number of hydrogen-bond acceptors (Lipinski definition) is 2. The summed E-state index contributed by atoms with van der Waals surface area (Å²) in [5.41, 5.74) is 0. The minimum absolute atomic E-state index is 0.864. The summed E-state index contributed by atoms with van der Waals surface area (Å²) >= 11 is 0. The lowest BCUT2D eigenvalue weighted by Gasteiger charge is -2.35. The fraction of sp³-hybridized carbons (Fsp3) is 1.00. The van der Waals surface area contributed by atoms with Crippen molar-refractivity contribution >= 4 is 16.6 Å². The van der Waals surface area contributed by atoms with Gasteiger partial charge in [-0.1, -0.05) is 119 Å². The molecule has 0 saturated heterocycles. The van der Waals surface area contributed by atoms with Crippen LogP contribution >= 0.6 is 0 Å². The Bertz CT molecular complexity index is 285. The Morgan fingerprint density at radius 2 is 0.567 bits per heavy atom. The lowest BCUT2D eigenvalue weighted by atomic mass is 10.4. The molecule has 182 valence electrons. The topological polar surface area (TPSA) is 18.5 Å². The maximum atomic E-state index is 6.88. The highest BCUT2D eigenvalue weighted by Crippen LogP contribution is 2.31. The normalized spacial score (nSPS) is 12.6. The molecule has 0 aliphatic heterocycles. The Labute approximate surface area is 193 Å². The second-order valence-corrected chi connectivity index (χ2v) is 18.0. The second kappa shape index (κ2) is 20.0. The van der Waals surface area contributed by atoms with Gasteiger partial charge < -0.3 is 8.85 Å². The number of rotatable bonds is 23. The lowest BCUT2D eigenvalue weighted by Crippen LogP contribution is -2.42. The highest BCUT2D eigenvalue weighted by Gasteiger charge is 2.35. The summed E-state index contributed by atoms with van der Waals surface area (Å²) in [5.74, 6) is 0. The van der Waals surface area contributed by atoms with Gasteiger partial charge in [-0.2, -0.15) is 0 Å². The standard InChI is InChI=1S/C26H58O2Si2/c1-7-13-21-29(22-14-8-2,23-15-9-3)27-19-20-28-30(24-16-10-4,25-17-11-5)26-18-12-6/h7-26H2,1-6H3. The van der Waals surface area contributed by atoms with E-state index >= 15 is 0 Å². The van der Waals surface area contributed by atoms with Crippen molar-refractivity contribution in [2.45, 2.75) is 155 Å². The molecule has 0 aromatic carbocycles. The van der Waals surface area contributed by atoms with E-state index in [2.05, 4.69) is 41.5 Å². The monoisotopic (exact) mass is 458 g/mol. The third-order valence-electron chi connectivity index (χ3n) is 6.82. The molecule has 0 heterocycles. The van der Waals surface area contributed by atoms with E-state index in [0.717, 1.165) is 13.2 Å². The van der Waals surface area contributed by atoms with Gasteiger partial charge in [0.05, 0.1) is 13.2 Å². The fourth-order valence-electron chi connectivity index (χ4n) is 4.69. The second-order valence-electron chi connectivity index (χ2n) is 9.68. The first-order valence-electron chi connectivity index (χ1n) is 13.8. The minimum Gasteiger partial charge on any atom is -0.415 e. The van der Waals surface area contributed by atoms with Crippen molar-refractivity contribution in [3.8, 4) is 0 Å². The molecule has 0 unspecified atom stereocenters. The summed E-state index contributed by atoms with van der Waals surface area (Å²) < 4.78 is 13.8. The van der Waals surface area contributed by atoms with Gasteiger partial charge in [-0.15, -0.1) is 0 Å². The first kappa shape index (κ1) is 30.4. The average Bonchev–Trinajstić information content (AvgIpc) is 2.77. The molecule has 0 N–H and O–H groups in total. The summed E-state index contributed by atoms with van der Waals surface area (Å²) in [6.45, 7) is 15.7. The molecular formula is C26H58O2Si2. The Morgan fingerprint density at radius 1 is 0.367 bits per heavy atom. The molecule has 0 aliphatic rings. The smallest absolute Gasteiger partial charge is 0.192 e. The molecule has 0 rings (SSSR count). The van der Waals surface area contributed by atoms with Gasteiger partial charge in [-0.25, -0.2) is 0 Å². The Morgan fingerprint density at radius 3 is 0.733 bits per heavy atom. The molecule has 2 nitrogen and oxygen atoms in total. The van der Waals surface area contributed by atoms with Crippen molar-refractivity contribution in [2.24, 2.45) is 0 Å². The predicted octanol–water partition coefficient (Wildman–Crippen LogP) is 9.71. The molecule has 0 amide bonds. The zero-order valence-corrected chi connectivity index (χ0v) is 24.0. The van der Waals surface area contributed by atoms with Crippen molar-refractivity contribution in [3.63, 3.8) is 0 Å². The summed E-state index contributed by atoms with van der Waals surface area (Å²) in [6, 6.07) is 8.21. The highest BCUT2D eigenvalue weighted by atomic mass is 28.4. The molecule has 0 bridgehead atoms. The minimum atomic E-state index is -1.60. The van der Waals surface area contributed by atoms with Crippen LogP contribution in [0.25, 0.3) is 0 Å². The molecule has 0 aromatic rings. The van der Waals surface area contributed by atoms with Crippen LogP contribution in [0.4, 0.5) is 0 Å². The van der Waals surface area contributed by atoms with Gasteiger partial charge in [0.25, 0.3) is 0 Å². The molecule has 0 fully saturated rings. The van der Waals surface area contributed by atoms with Crippen molar-refractivity contribution in [1.82, 2.24) is 0 Å². The Balaban J connectivity index is 5.02. The van der Waals surface area contributed by atoms with Crippen molar-refractivity contribution in [2.75, 3.05) is 13.2 Å². The van der Waals surface area contributed by atoms with Gasteiger partial charge in [0, 0.05) is 0 Å². The predicted molar refractivity (Wildman–Crippen MR) is 142 cm³/mol. The van der Waals surface area contributed by atoms with E-state index in [-0.39, 0.29) is 0 Å². The van der Waals surface area contributed by atoms with E-state index in [4.69, 9.17) is 8.85 Å². The summed E-state index contributed by atoms with van der Waals surface area (Å²) in [6.07, 6.45) is 15.9. The zero-order chi connectivity index (χ0) is 22.6. The molecule has 0 saturated carbocycles. The van der Waals surface area contributed by atoms with Crippen molar-refractivity contribution in [3.05, 3.63) is 0 Å². The van der Waals surface area contributed by atoms with Crippen LogP contribution in [0.1, 0.15) is 119 Å². The van der Waals surface area contributed by atoms with E-state index in [9.17, 15) is 0 Å². The molecule has 0 spiro atoms. The fourth-order valence-corrected chi connectivity index (χ4v) is 14.1. The summed E-state index contributed by atoms with van der Waals surface area (Å²) in [5, 5.41) is 0. The number of unbranched alkanes of at least 4 members (excludes halogenated alkanes) is 6. The molecule has 30 heavy (non-hydrogen) atoms. The van der Waals surface area contributed by atoms with Crippen LogP contribution in [0, 0.1) is 0 Å².